The number of nitrogens with zero attached hydrogens (tertiary/aromatic N) is 2. The van der Waals surface area contributed by atoms with Crippen LogP contribution in [0, 0.1) is 23.6 Å². The lowest BCUT2D eigenvalue weighted by atomic mass is 10.0. The zero-order valence-electron chi connectivity index (χ0n) is 16.4. The van der Waals surface area contributed by atoms with Gasteiger partial charge >= 0.3 is 0 Å². The first-order valence-electron chi connectivity index (χ1n) is 10.1. The van der Waals surface area contributed by atoms with E-state index in [1.807, 2.05) is 0 Å². The summed E-state index contributed by atoms with van der Waals surface area (Å²) in [6, 6.07) is 11.4. The minimum Gasteiger partial charge on any atom is -0.474 e. The van der Waals surface area contributed by atoms with E-state index in [0.717, 1.165) is 12.8 Å². The molecule has 3 atom stereocenters. The van der Waals surface area contributed by atoms with E-state index in [0.29, 0.717) is 45.1 Å². The molecule has 7 heteroatoms. The van der Waals surface area contributed by atoms with Gasteiger partial charge in [-0.15, -0.1) is 0 Å². The Balaban J connectivity index is 1.19. The third-order valence-corrected chi connectivity index (χ3v) is 6.60. The van der Waals surface area contributed by atoms with Crippen LogP contribution in [0.5, 0.6) is 5.88 Å². The maximum Gasteiger partial charge on any atom is 0.251 e. The number of aromatic nitrogens is 2. The molecule has 2 aromatic carbocycles. The zero-order valence-corrected chi connectivity index (χ0v) is 17.1. The van der Waals surface area contributed by atoms with Crippen LogP contribution in [-0.4, -0.2) is 28.0 Å². The molecule has 5 nitrogen and oxygen atoms in total. The minimum atomic E-state index is -0.332. The van der Waals surface area contributed by atoms with Crippen molar-refractivity contribution in [1.29, 1.82) is 0 Å². The molecule has 0 unspecified atom stereocenters. The Morgan fingerprint density at radius 1 is 1.17 bits per heavy atom. The molecule has 1 amide bonds. The highest BCUT2D eigenvalue weighted by atomic mass is 35.5. The molecule has 1 heterocycles. The average molecular weight is 426 g/mol. The van der Waals surface area contributed by atoms with Crippen LogP contribution in [0.1, 0.15) is 30.1 Å². The zero-order chi connectivity index (χ0) is 20.8. The van der Waals surface area contributed by atoms with Gasteiger partial charge in [-0.1, -0.05) is 11.6 Å². The molecule has 154 valence electrons. The Kier molecular flexibility index (Phi) is 4.82. The SMILES string of the molecule is C[C@@H](NC(=O)c1ccc(Cl)cc1)C1[C@@H]2CC(Oc3ncnc4ccc(F)cc34)C[C@@H]12. The van der Waals surface area contributed by atoms with Crippen LogP contribution in [0.3, 0.4) is 0 Å². The van der Waals surface area contributed by atoms with Gasteiger partial charge in [-0.25, -0.2) is 14.4 Å². The molecule has 3 aromatic rings. The molecule has 1 aromatic heterocycles. The summed E-state index contributed by atoms with van der Waals surface area (Å²) in [4.78, 5) is 20.8. The highest BCUT2D eigenvalue weighted by Gasteiger charge is 2.58. The Morgan fingerprint density at radius 2 is 1.90 bits per heavy atom. The van der Waals surface area contributed by atoms with Crippen molar-refractivity contribution < 1.29 is 13.9 Å². The fourth-order valence-corrected chi connectivity index (χ4v) is 5.05. The highest BCUT2D eigenvalue weighted by molar-refractivity contribution is 6.30. The van der Waals surface area contributed by atoms with E-state index in [9.17, 15) is 9.18 Å². The van der Waals surface area contributed by atoms with E-state index in [1.165, 1.54) is 18.5 Å². The summed E-state index contributed by atoms with van der Waals surface area (Å²) in [6.07, 6.45) is 3.33. The maximum absolute atomic E-state index is 13.6. The highest BCUT2D eigenvalue weighted by Crippen LogP contribution is 2.59. The predicted molar refractivity (Wildman–Crippen MR) is 112 cm³/mol. The van der Waals surface area contributed by atoms with Gasteiger partial charge in [0.15, 0.2) is 0 Å². The molecule has 0 saturated heterocycles. The summed E-state index contributed by atoms with van der Waals surface area (Å²) in [5.74, 6) is 1.54. The van der Waals surface area contributed by atoms with E-state index < -0.39 is 0 Å². The molecule has 2 aliphatic rings. The number of ether oxygens (including phenoxy) is 1. The number of carbonyl (C=O) groups is 1. The van der Waals surface area contributed by atoms with Crippen LogP contribution >= 0.6 is 11.6 Å². The quantitative estimate of drug-likeness (QED) is 0.646. The lowest BCUT2D eigenvalue weighted by Crippen LogP contribution is -2.36. The molecule has 2 saturated carbocycles. The van der Waals surface area contributed by atoms with Gasteiger partial charge in [0.05, 0.1) is 10.9 Å². The molecule has 0 bridgehead atoms. The number of fused-ring (bicyclic) bond motifs is 2. The molecule has 30 heavy (non-hydrogen) atoms. The standard InChI is InChI=1S/C23H21ClFN3O2/c1-12(28-22(29)13-2-4-14(24)5-3-13)21-17-9-16(10-18(17)21)30-23-19-8-15(25)6-7-20(19)26-11-27-23/h2-8,11-12,16-18,21H,9-10H2,1H3,(H,28,29)/t12-,16?,17-,18-,21?/m1/s1. The summed E-state index contributed by atoms with van der Waals surface area (Å²) < 4.78 is 19.8. The van der Waals surface area contributed by atoms with Gasteiger partial charge in [-0.3, -0.25) is 4.79 Å². The topological polar surface area (TPSA) is 64.1 Å². The van der Waals surface area contributed by atoms with Crippen LogP contribution in [0.25, 0.3) is 10.9 Å². The van der Waals surface area contributed by atoms with Crippen molar-refractivity contribution in [3.8, 4) is 5.88 Å². The number of halogens is 2. The summed E-state index contributed by atoms with van der Waals surface area (Å²) in [6.45, 7) is 2.06. The van der Waals surface area contributed by atoms with Crippen molar-refractivity contribution in [2.45, 2.75) is 31.9 Å². The molecular formula is C23H21ClFN3O2. The van der Waals surface area contributed by atoms with Gasteiger partial charge in [0.25, 0.3) is 5.91 Å². The smallest absolute Gasteiger partial charge is 0.251 e. The molecule has 2 aliphatic carbocycles. The van der Waals surface area contributed by atoms with Crippen LogP contribution in [0.2, 0.25) is 5.02 Å². The summed E-state index contributed by atoms with van der Waals surface area (Å²) in [5.41, 5.74) is 1.28. The second-order valence-electron chi connectivity index (χ2n) is 8.23. The number of amides is 1. The van der Waals surface area contributed by atoms with Gasteiger partial charge < -0.3 is 10.1 Å². The lowest BCUT2D eigenvalue weighted by Gasteiger charge is -2.20. The van der Waals surface area contributed by atoms with Crippen LogP contribution in [0.15, 0.2) is 48.8 Å². The normalized spacial score (nSPS) is 23.8. The number of hydrogen-bond donors (Lipinski definition) is 1. The van der Waals surface area contributed by atoms with Crippen molar-refractivity contribution in [3.05, 3.63) is 65.2 Å². The Morgan fingerprint density at radius 3 is 2.63 bits per heavy atom. The first-order chi connectivity index (χ1) is 14.5. The Bertz CT molecular complexity index is 1100. The average Bonchev–Trinajstić information content (AvgIpc) is 3.24. The van der Waals surface area contributed by atoms with Crippen LogP contribution < -0.4 is 10.1 Å². The number of rotatable bonds is 5. The van der Waals surface area contributed by atoms with E-state index >= 15 is 0 Å². The summed E-state index contributed by atoms with van der Waals surface area (Å²) in [7, 11) is 0. The van der Waals surface area contributed by atoms with Crippen LogP contribution in [-0.2, 0) is 0 Å². The number of carbonyl (C=O) groups excluding carboxylic acids is 1. The van der Waals surface area contributed by atoms with Crippen LogP contribution in [0.4, 0.5) is 4.39 Å². The predicted octanol–water partition coefficient (Wildman–Crippen LogP) is 4.64. The number of hydrogen-bond acceptors (Lipinski definition) is 4. The number of nitrogens with one attached hydrogen (secondary N) is 1. The third kappa shape index (κ3) is 3.60. The van der Waals surface area contributed by atoms with Gasteiger partial charge in [0.2, 0.25) is 5.88 Å². The Labute approximate surface area is 178 Å². The molecule has 0 spiro atoms. The van der Waals surface area contributed by atoms with Crippen molar-refractivity contribution in [1.82, 2.24) is 15.3 Å². The molecule has 5 rings (SSSR count). The second-order valence-corrected chi connectivity index (χ2v) is 8.66. The monoisotopic (exact) mass is 425 g/mol. The maximum atomic E-state index is 13.6. The molecule has 1 N–H and O–H groups in total. The molecular weight excluding hydrogens is 405 g/mol. The van der Waals surface area contributed by atoms with Gasteiger partial charge in [-0.05, 0) is 80.0 Å². The largest absolute Gasteiger partial charge is 0.474 e. The van der Waals surface area contributed by atoms with Gasteiger partial charge in [0.1, 0.15) is 18.2 Å². The second kappa shape index (κ2) is 7.51. The van der Waals surface area contributed by atoms with Gasteiger partial charge in [0, 0.05) is 16.6 Å². The minimum absolute atomic E-state index is 0.0526. The first-order valence-corrected chi connectivity index (χ1v) is 10.5. The first kappa shape index (κ1) is 19.2. The van der Waals surface area contributed by atoms with Crippen molar-refractivity contribution >= 4 is 28.4 Å². The van der Waals surface area contributed by atoms with E-state index in [2.05, 4.69) is 22.2 Å². The molecule has 0 radical (unpaired) electrons. The van der Waals surface area contributed by atoms with Crippen molar-refractivity contribution in [3.63, 3.8) is 0 Å². The van der Waals surface area contributed by atoms with E-state index in [-0.39, 0.29) is 23.9 Å². The Hall–Kier alpha value is -2.73. The summed E-state index contributed by atoms with van der Waals surface area (Å²) >= 11 is 5.89. The molecule has 2 fully saturated rings. The summed E-state index contributed by atoms with van der Waals surface area (Å²) in [5, 5.41) is 4.32. The fourth-order valence-electron chi connectivity index (χ4n) is 4.92. The van der Waals surface area contributed by atoms with E-state index in [4.69, 9.17) is 16.3 Å². The van der Waals surface area contributed by atoms with Gasteiger partial charge in [-0.2, -0.15) is 0 Å². The fraction of sp³-hybridized carbons (Fsp3) is 0.348. The lowest BCUT2D eigenvalue weighted by molar-refractivity contribution is 0.0930. The van der Waals surface area contributed by atoms with Crippen molar-refractivity contribution in [2.24, 2.45) is 17.8 Å². The van der Waals surface area contributed by atoms with E-state index in [1.54, 1.807) is 30.3 Å². The third-order valence-electron chi connectivity index (χ3n) is 6.35. The van der Waals surface area contributed by atoms with Crippen molar-refractivity contribution in [2.75, 3.05) is 0 Å². The molecule has 0 aliphatic heterocycles. The number of benzene rings is 2.